The molecule has 0 spiro atoms. The monoisotopic (exact) mass is 385 g/mol. The number of nitrogens with zero attached hydrogens (tertiary/aromatic N) is 2. The Morgan fingerprint density at radius 1 is 1.20 bits per heavy atom. The highest BCUT2D eigenvalue weighted by Gasteiger charge is 2.33. The fraction of sp³-hybridized carbons (Fsp3) is 0.684. The standard InChI is InChI=1S/C19H29Cl2N3O/c1-22-11-15(14-2-3-18(20)19(21)10-14)4-7-23-12-16(13-23)24-8-5-17(25)6-9-24/h2-3,10,15-17,22,25H,4-9,11-13H2,1H3. The molecule has 2 aliphatic rings. The molecule has 140 valence electrons. The molecule has 0 aliphatic carbocycles. The van der Waals surface area contributed by atoms with Gasteiger partial charge in [-0.05, 0) is 56.5 Å². The SMILES string of the molecule is CNCC(CCN1CC(N2CCC(O)CC2)C1)c1ccc(Cl)c(Cl)c1. The van der Waals surface area contributed by atoms with Gasteiger partial charge in [-0.3, -0.25) is 4.90 Å². The molecule has 2 fully saturated rings. The Morgan fingerprint density at radius 3 is 2.56 bits per heavy atom. The summed E-state index contributed by atoms with van der Waals surface area (Å²) in [4.78, 5) is 5.09. The minimum absolute atomic E-state index is 0.0825. The molecule has 1 aromatic rings. The molecule has 2 heterocycles. The van der Waals surface area contributed by atoms with Crippen LogP contribution in [0, 0.1) is 0 Å². The van der Waals surface area contributed by atoms with E-state index in [1.165, 1.54) is 5.56 Å². The minimum Gasteiger partial charge on any atom is -0.393 e. The van der Waals surface area contributed by atoms with Crippen LogP contribution in [0.2, 0.25) is 10.0 Å². The predicted octanol–water partition coefficient (Wildman–Crippen LogP) is 2.83. The topological polar surface area (TPSA) is 38.7 Å². The summed E-state index contributed by atoms with van der Waals surface area (Å²) in [5.74, 6) is 0.448. The number of likely N-dealkylation sites (N-methyl/N-ethyl adjacent to an activating group) is 1. The lowest BCUT2D eigenvalue weighted by atomic mass is 9.94. The number of rotatable bonds is 7. The van der Waals surface area contributed by atoms with Crippen LogP contribution >= 0.6 is 23.2 Å². The maximum Gasteiger partial charge on any atom is 0.0595 e. The lowest BCUT2D eigenvalue weighted by molar-refractivity contribution is -0.00520. The van der Waals surface area contributed by atoms with E-state index >= 15 is 0 Å². The summed E-state index contributed by atoms with van der Waals surface area (Å²) in [6, 6.07) is 6.67. The summed E-state index contributed by atoms with van der Waals surface area (Å²) < 4.78 is 0. The quantitative estimate of drug-likeness (QED) is 0.756. The number of piperidine rings is 1. The zero-order valence-electron chi connectivity index (χ0n) is 14.9. The average molecular weight is 386 g/mol. The third-order valence-corrected chi connectivity index (χ3v) is 6.35. The van der Waals surface area contributed by atoms with Crippen molar-refractivity contribution in [1.29, 1.82) is 0 Å². The molecule has 0 bridgehead atoms. The fourth-order valence-corrected chi connectivity index (χ4v) is 4.25. The van der Waals surface area contributed by atoms with Gasteiger partial charge in [-0.2, -0.15) is 0 Å². The Hall–Kier alpha value is -0.360. The van der Waals surface area contributed by atoms with Gasteiger partial charge >= 0.3 is 0 Å². The van der Waals surface area contributed by atoms with Crippen LogP contribution in [-0.2, 0) is 0 Å². The molecule has 0 saturated carbocycles. The maximum atomic E-state index is 9.63. The van der Waals surface area contributed by atoms with Gasteiger partial charge in [0.05, 0.1) is 16.1 Å². The Bertz CT molecular complexity index is 558. The van der Waals surface area contributed by atoms with E-state index in [4.69, 9.17) is 23.2 Å². The second-order valence-corrected chi connectivity index (χ2v) is 8.21. The molecule has 4 nitrogen and oxygen atoms in total. The Kier molecular flexibility index (Phi) is 7.01. The normalized spacial score (nSPS) is 22.1. The molecule has 2 aliphatic heterocycles. The first-order valence-corrected chi connectivity index (χ1v) is 10.1. The third kappa shape index (κ3) is 5.09. The summed E-state index contributed by atoms with van der Waals surface area (Å²) >= 11 is 12.2. The van der Waals surface area contributed by atoms with E-state index in [2.05, 4.69) is 21.2 Å². The van der Waals surface area contributed by atoms with Gasteiger partial charge in [0.15, 0.2) is 0 Å². The molecule has 2 saturated heterocycles. The minimum atomic E-state index is -0.0825. The first-order chi connectivity index (χ1) is 12.1. The predicted molar refractivity (Wildman–Crippen MR) is 105 cm³/mol. The molecule has 0 radical (unpaired) electrons. The second kappa shape index (κ2) is 9.03. The fourth-order valence-electron chi connectivity index (χ4n) is 3.94. The van der Waals surface area contributed by atoms with Crippen molar-refractivity contribution in [2.75, 3.05) is 46.3 Å². The molecule has 2 N–H and O–H groups in total. The Balaban J connectivity index is 1.46. The molecule has 3 rings (SSSR count). The number of aliphatic hydroxyl groups is 1. The number of halogens is 2. The van der Waals surface area contributed by atoms with E-state index in [0.717, 1.165) is 58.5 Å². The molecule has 1 unspecified atom stereocenters. The molecule has 0 amide bonds. The highest BCUT2D eigenvalue weighted by Crippen LogP contribution is 2.29. The van der Waals surface area contributed by atoms with Crippen LogP contribution in [0.1, 0.15) is 30.7 Å². The van der Waals surface area contributed by atoms with Crippen molar-refractivity contribution in [1.82, 2.24) is 15.1 Å². The molecular weight excluding hydrogens is 357 g/mol. The largest absolute Gasteiger partial charge is 0.393 e. The second-order valence-electron chi connectivity index (χ2n) is 7.40. The van der Waals surface area contributed by atoms with Gasteiger partial charge in [0, 0.05) is 38.8 Å². The van der Waals surface area contributed by atoms with Crippen LogP contribution in [0.4, 0.5) is 0 Å². The number of nitrogens with one attached hydrogen (secondary N) is 1. The Morgan fingerprint density at radius 2 is 1.92 bits per heavy atom. The highest BCUT2D eigenvalue weighted by molar-refractivity contribution is 6.42. The van der Waals surface area contributed by atoms with Gasteiger partial charge in [-0.1, -0.05) is 29.3 Å². The smallest absolute Gasteiger partial charge is 0.0595 e. The summed E-state index contributed by atoms with van der Waals surface area (Å²) in [7, 11) is 2.00. The summed E-state index contributed by atoms with van der Waals surface area (Å²) in [6.45, 7) is 6.46. The van der Waals surface area contributed by atoms with E-state index in [9.17, 15) is 5.11 Å². The van der Waals surface area contributed by atoms with Crippen molar-refractivity contribution in [3.63, 3.8) is 0 Å². The number of hydrogen-bond donors (Lipinski definition) is 2. The van der Waals surface area contributed by atoms with Gasteiger partial charge < -0.3 is 15.3 Å². The number of benzene rings is 1. The van der Waals surface area contributed by atoms with Gasteiger partial charge in [0.1, 0.15) is 0 Å². The van der Waals surface area contributed by atoms with Crippen LogP contribution < -0.4 is 5.32 Å². The van der Waals surface area contributed by atoms with E-state index in [-0.39, 0.29) is 6.10 Å². The molecule has 25 heavy (non-hydrogen) atoms. The molecule has 6 heteroatoms. The van der Waals surface area contributed by atoms with E-state index in [1.807, 2.05) is 19.2 Å². The maximum absolute atomic E-state index is 9.63. The van der Waals surface area contributed by atoms with Crippen molar-refractivity contribution in [3.05, 3.63) is 33.8 Å². The zero-order chi connectivity index (χ0) is 17.8. The van der Waals surface area contributed by atoms with Gasteiger partial charge in [0.2, 0.25) is 0 Å². The Labute approximate surface area is 161 Å². The van der Waals surface area contributed by atoms with Gasteiger partial charge in [0.25, 0.3) is 0 Å². The molecular formula is C19H29Cl2N3O. The van der Waals surface area contributed by atoms with Crippen molar-refractivity contribution in [2.45, 2.75) is 37.3 Å². The van der Waals surface area contributed by atoms with E-state index < -0.39 is 0 Å². The lowest BCUT2D eigenvalue weighted by Gasteiger charge is -2.47. The van der Waals surface area contributed by atoms with Crippen LogP contribution in [0.3, 0.4) is 0 Å². The van der Waals surface area contributed by atoms with Crippen LogP contribution in [0.15, 0.2) is 18.2 Å². The lowest BCUT2D eigenvalue weighted by Crippen LogP contribution is -2.61. The van der Waals surface area contributed by atoms with Crippen LogP contribution in [0.25, 0.3) is 0 Å². The molecule has 1 atom stereocenters. The van der Waals surface area contributed by atoms with Gasteiger partial charge in [-0.25, -0.2) is 0 Å². The van der Waals surface area contributed by atoms with Crippen molar-refractivity contribution in [3.8, 4) is 0 Å². The van der Waals surface area contributed by atoms with Crippen molar-refractivity contribution in [2.24, 2.45) is 0 Å². The van der Waals surface area contributed by atoms with Crippen LogP contribution in [0.5, 0.6) is 0 Å². The zero-order valence-corrected chi connectivity index (χ0v) is 16.4. The third-order valence-electron chi connectivity index (χ3n) is 5.61. The van der Waals surface area contributed by atoms with Crippen molar-refractivity contribution >= 4 is 23.2 Å². The number of likely N-dealkylation sites (tertiary alicyclic amines) is 2. The van der Waals surface area contributed by atoms with Crippen molar-refractivity contribution < 1.29 is 5.11 Å². The molecule has 1 aromatic carbocycles. The summed E-state index contributed by atoms with van der Waals surface area (Å²) in [5, 5.41) is 14.2. The number of hydrogen-bond acceptors (Lipinski definition) is 4. The highest BCUT2D eigenvalue weighted by atomic mass is 35.5. The van der Waals surface area contributed by atoms with Gasteiger partial charge in [-0.15, -0.1) is 0 Å². The first-order valence-electron chi connectivity index (χ1n) is 9.31. The number of aliphatic hydroxyl groups excluding tert-OH is 1. The molecule has 0 aromatic heterocycles. The van der Waals surface area contributed by atoms with Crippen LogP contribution in [-0.4, -0.2) is 73.4 Å². The van der Waals surface area contributed by atoms with E-state index in [0.29, 0.717) is 22.0 Å². The van der Waals surface area contributed by atoms with E-state index in [1.54, 1.807) is 0 Å². The first kappa shape index (κ1) is 19.4. The average Bonchev–Trinajstić information content (AvgIpc) is 2.56. The summed E-state index contributed by atoms with van der Waals surface area (Å²) in [6.07, 6.45) is 2.89. The summed E-state index contributed by atoms with van der Waals surface area (Å²) in [5.41, 5.74) is 1.26.